The van der Waals surface area contributed by atoms with Crippen molar-refractivity contribution < 1.29 is 0 Å². The molecular weight excluding hydrogens is 146 g/mol. The fraction of sp³-hybridized carbons (Fsp3) is 0.818. The van der Waals surface area contributed by atoms with Crippen LogP contribution in [0.4, 0.5) is 0 Å². The van der Waals surface area contributed by atoms with Crippen molar-refractivity contribution in [2.24, 2.45) is 5.41 Å². The third-order valence-electron chi connectivity index (χ3n) is 2.23. The lowest BCUT2D eigenvalue weighted by atomic mass is 9.84. The van der Waals surface area contributed by atoms with Crippen LogP contribution in [0, 0.1) is 17.8 Å². The van der Waals surface area contributed by atoms with Crippen molar-refractivity contribution in [1.29, 1.82) is 0 Å². The van der Waals surface area contributed by atoms with Crippen LogP contribution < -0.4 is 5.32 Å². The van der Waals surface area contributed by atoms with Crippen LogP contribution in [0.15, 0.2) is 0 Å². The Bertz CT molecular complexity index is 142. The molecule has 0 aromatic rings. The molecule has 0 unspecified atom stereocenters. The van der Waals surface area contributed by atoms with Gasteiger partial charge in [-0.25, -0.2) is 0 Å². The van der Waals surface area contributed by atoms with E-state index in [1.165, 1.54) is 12.8 Å². The quantitative estimate of drug-likeness (QED) is 0.473. The maximum absolute atomic E-state index is 5.20. The van der Waals surface area contributed by atoms with Crippen molar-refractivity contribution in [1.82, 2.24) is 5.32 Å². The average Bonchev–Trinajstić information content (AvgIpc) is 2.01. The highest BCUT2D eigenvalue weighted by Crippen LogP contribution is 2.26. The number of hydrogen-bond donors (Lipinski definition) is 1. The van der Waals surface area contributed by atoms with Gasteiger partial charge in [-0.15, -0.1) is 12.3 Å². The number of terminal acetylenes is 1. The smallest absolute Gasteiger partial charge is 0.00862 e. The van der Waals surface area contributed by atoms with E-state index < -0.39 is 0 Å². The summed E-state index contributed by atoms with van der Waals surface area (Å²) in [5.74, 6) is 2.68. The molecule has 1 nitrogen and oxygen atoms in total. The van der Waals surface area contributed by atoms with Crippen molar-refractivity contribution in [2.75, 3.05) is 13.6 Å². The van der Waals surface area contributed by atoms with Crippen molar-refractivity contribution >= 4 is 0 Å². The number of nitrogens with one attached hydrogen (secondary N) is 1. The Morgan fingerprint density at radius 1 is 1.33 bits per heavy atom. The van der Waals surface area contributed by atoms with E-state index in [1.54, 1.807) is 0 Å². The summed E-state index contributed by atoms with van der Waals surface area (Å²) in [5, 5.41) is 3.17. The molecule has 0 saturated carbocycles. The summed E-state index contributed by atoms with van der Waals surface area (Å²) in [6, 6.07) is 0. The Balaban J connectivity index is 3.50. The van der Waals surface area contributed by atoms with E-state index in [-0.39, 0.29) is 0 Å². The summed E-state index contributed by atoms with van der Waals surface area (Å²) in [6.45, 7) is 5.71. The molecule has 0 aliphatic rings. The second-order valence-corrected chi connectivity index (χ2v) is 4.08. The Morgan fingerprint density at radius 2 is 2.00 bits per heavy atom. The molecule has 12 heavy (non-hydrogen) atoms. The maximum atomic E-state index is 5.20. The van der Waals surface area contributed by atoms with Gasteiger partial charge < -0.3 is 5.32 Å². The summed E-state index contributed by atoms with van der Waals surface area (Å²) >= 11 is 0. The van der Waals surface area contributed by atoms with Gasteiger partial charge >= 0.3 is 0 Å². The second kappa shape index (κ2) is 6.08. The summed E-state index contributed by atoms with van der Waals surface area (Å²) in [5.41, 5.74) is 0.444. The Hall–Kier alpha value is -0.480. The first kappa shape index (κ1) is 11.5. The summed E-state index contributed by atoms with van der Waals surface area (Å²) in [7, 11) is 2.00. The average molecular weight is 167 g/mol. The Kier molecular flexibility index (Phi) is 5.84. The van der Waals surface area contributed by atoms with Gasteiger partial charge in [0.25, 0.3) is 0 Å². The first-order valence-corrected chi connectivity index (χ1v) is 4.70. The van der Waals surface area contributed by atoms with Gasteiger partial charge in [0, 0.05) is 6.42 Å². The fourth-order valence-electron chi connectivity index (χ4n) is 1.26. The van der Waals surface area contributed by atoms with Crippen LogP contribution >= 0.6 is 0 Å². The normalized spacial score (nSPS) is 11.2. The monoisotopic (exact) mass is 167 g/mol. The standard InChI is InChI=1S/C11H21N/c1-5-6-7-8-11(2,3)9-10-12-4/h1,12H,6-10H2,2-4H3. The third-order valence-corrected chi connectivity index (χ3v) is 2.23. The summed E-state index contributed by atoms with van der Waals surface area (Å²) in [6.07, 6.45) is 9.74. The Labute approximate surface area is 76.9 Å². The van der Waals surface area contributed by atoms with Gasteiger partial charge in [-0.3, -0.25) is 0 Å². The van der Waals surface area contributed by atoms with E-state index in [1.807, 2.05) is 7.05 Å². The molecule has 0 radical (unpaired) electrons. The predicted octanol–water partition coefficient (Wildman–Crippen LogP) is 2.43. The van der Waals surface area contributed by atoms with Crippen LogP contribution in [0.5, 0.6) is 0 Å². The van der Waals surface area contributed by atoms with Crippen LogP contribution in [0.25, 0.3) is 0 Å². The second-order valence-electron chi connectivity index (χ2n) is 4.08. The molecule has 0 aromatic heterocycles. The van der Waals surface area contributed by atoms with E-state index in [0.29, 0.717) is 5.41 Å². The van der Waals surface area contributed by atoms with Gasteiger partial charge in [0.1, 0.15) is 0 Å². The van der Waals surface area contributed by atoms with Crippen LogP contribution in [-0.2, 0) is 0 Å². The highest BCUT2D eigenvalue weighted by atomic mass is 14.8. The molecular formula is C11H21N. The zero-order valence-corrected chi connectivity index (χ0v) is 8.61. The molecule has 0 spiro atoms. The minimum Gasteiger partial charge on any atom is -0.320 e. The van der Waals surface area contributed by atoms with Crippen LogP contribution in [0.1, 0.15) is 39.5 Å². The fourth-order valence-corrected chi connectivity index (χ4v) is 1.26. The summed E-state index contributed by atoms with van der Waals surface area (Å²) in [4.78, 5) is 0. The molecule has 0 rings (SSSR count). The van der Waals surface area contributed by atoms with Crippen LogP contribution in [-0.4, -0.2) is 13.6 Å². The van der Waals surface area contributed by atoms with Crippen molar-refractivity contribution in [3.8, 4) is 12.3 Å². The third kappa shape index (κ3) is 6.24. The van der Waals surface area contributed by atoms with Crippen LogP contribution in [0.3, 0.4) is 0 Å². The predicted molar refractivity (Wildman–Crippen MR) is 55.0 cm³/mol. The zero-order chi connectivity index (χ0) is 9.45. The van der Waals surface area contributed by atoms with Crippen molar-refractivity contribution in [3.05, 3.63) is 0 Å². The first-order valence-electron chi connectivity index (χ1n) is 4.70. The Morgan fingerprint density at radius 3 is 2.50 bits per heavy atom. The van der Waals surface area contributed by atoms with E-state index in [4.69, 9.17) is 6.42 Å². The highest BCUT2D eigenvalue weighted by Gasteiger charge is 2.15. The SMILES string of the molecule is C#CCCCC(C)(C)CCNC. The first-order chi connectivity index (χ1) is 5.62. The van der Waals surface area contributed by atoms with Crippen molar-refractivity contribution in [3.63, 3.8) is 0 Å². The van der Waals surface area contributed by atoms with E-state index in [9.17, 15) is 0 Å². The molecule has 0 heterocycles. The molecule has 0 bridgehead atoms. The minimum atomic E-state index is 0.444. The molecule has 0 aliphatic heterocycles. The molecule has 0 aromatic carbocycles. The largest absolute Gasteiger partial charge is 0.320 e. The molecule has 0 saturated heterocycles. The molecule has 0 fully saturated rings. The van der Waals surface area contributed by atoms with Crippen LogP contribution in [0.2, 0.25) is 0 Å². The minimum absolute atomic E-state index is 0.444. The van der Waals surface area contributed by atoms with Gasteiger partial charge in [0.15, 0.2) is 0 Å². The topological polar surface area (TPSA) is 12.0 Å². The van der Waals surface area contributed by atoms with E-state index in [0.717, 1.165) is 19.4 Å². The molecule has 0 amide bonds. The molecule has 0 atom stereocenters. The summed E-state index contributed by atoms with van der Waals surface area (Å²) < 4.78 is 0. The van der Waals surface area contributed by atoms with E-state index in [2.05, 4.69) is 25.1 Å². The highest BCUT2D eigenvalue weighted by molar-refractivity contribution is 4.84. The van der Waals surface area contributed by atoms with E-state index >= 15 is 0 Å². The lowest BCUT2D eigenvalue weighted by Gasteiger charge is -2.23. The zero-order valence-electron chi connectivity index (χ0n) is 8.61. The van der Waals surface area contributed by atoms with Gasteiger partial charge in [-0.2, -0.15) is 0 Å². The molecule has 1 N–H and O–H groups in total. The van der Waals surface area contributed by atoms with Crippen molar-refractivity contribution in [2.45, 2.75) is 39.5 Å². The lowest BCUT2D eigenvalue weighted by Crippen LogP contribution is -2.19. The molecule has 70 valence electrons. The van der Waals surface area contributed by atoms with Gasteiger partial charge in [-0.1, -0.05) is 13.8 Å². The van der Waals surface area contributed by atoms with Gasteiger partial charge in [-0.05, 0) is 38.3 Å². The number of hydrogen-bond acceptors (Lipinski definition) is 1. The molecule has 1 heteroatoms. The maximum Gasteiger partial charge on any atom is 0.00862 e. The molecule has 0 aliphatic carbocycles. The number of unbranched alkanes of at least 4 members (excludes halogenated alkanes) is 1. The van der Waals surface area contributed by atoms with Gasteiger partial charge in [0.2, 0.25) is 0 Å². The lowest BCUT2D eigenvalue weighted by molar-refractivity contribution is 0.299. The van der Waals surface area contributed by atoms with Gasteiger partial charge in [0.05, 0.1) is 0 Å². The number of rotatable bonds is 6.